The van der Waals surface area contributed by atoms with Crippen molar-refractivity contribution in [2.75, 3.05) is 14.2 Å². The Morgan fingerprint density at radius 1 is 1.10 bits per heavy atom. The lowest BCUT2D eigenvalue weighted by Gasteiger charge is -2.19. The van der Waals surface area contributed by atoms with E-state index in [1.54, 1.807) is 21.0 Å². The monoisotopic (exact) mass is 278 g/mol. The van der Waals surface area contributed by atoms with Gasteiger partial charge in [0.15, 0.2) is 0 Å². The lowest BCUT2D eigenvalue weighted by molar-refractivity contribution is -0.155. The predicted molar refractivity (Wildman–Crippen MR) is 76.7 cm³/mol. The first-order valence-corrected chi connectivity index (χ1v) is 6.66. The number of benzene rings is 1. The zero-order chi connectivity index (χ0) is 15.2. The fraction of sp³-hybridized carbons (Fsp3) is 0.500. The lowest BCUT2D eigenvalue weighted by atomic mass is 9.85. The summed E-state index contributed by atoms with van der Waals surface area (Å²) in [5.41, 5.74) is 0.0868. The van der Waals surface area contributed by atoms with Crippen molar-refractivity contribution in [3.63, 3.8) is 0 Å². The van der Waals surface area contributed by atoms with Gasteiger partial charge in [-0.25, -0.2) is 0 Å². The van der Waals surface area contributed by atoms with Crippen LogP contribution in [0.5, 0.6) is 5.75 Å². The normalized spacial score (nSPS) is 11.0. The van der Waals surface area contributed by atoms with E-state index in [4.69, 9.17) is 4.74 Å². The molecule has 0 amide bonds. The maximum absolute atomic E-state index is 12.0. The second-order valence-corrected chi connectivity index (χ2v) is 5.24. The maximum Gasteiger partial charge on any atom is 0.318 e. The van der Waals surface area contributed by atoms with Crippen molar-refractivity contribution in [3.8, 4) is 5.75 Å². The third kappa shape index (κ3) is 4.08. The summed E-state index contributed by atoms with van der Waals surface area (Å²) in [6.07, 6.45) is 1.88. The molecule has 1 aromatic carbocycles. The summed E-state index contributed by atoms with van der Waals surface area (Å²) in [6, 6.07) is 7.76. The minimum Gasteiger partial charge on any atom is -0.497 e. The number of ether oxygens (including phenoxy) is 2. The second kappa shape index (κ2) is 7.08. The third-order valence-electron chi connectivity index (χ3n) is 3.42. The zero-order valence-electron chi connectivity index (χ0n) is 12.6. The molecule has 0 N–H and O–H groups in total. The molecule has 4 nitrogen and oxygen atoms in total. The predicted octanol–water partition coefficient (Wildman–Crippen LogP) is 2.79. The first-order chi connectivity index (χ1) is 9.41. The Hall–Kier alpha value is -1.84. The van der Waals surface area contributed by atoms with Gasteiger partial charge >= 0.3 is 5.97 Å². The number of methoxy groups -OCH3 is 2. The van der Waals surface area contributed by atoms with Crippen LogP contribution in [-0.4, -0.2) is 26.0 Å². The number of hydrogen-bond acceptors (Lipinski definition) is 4. The van der Waals surface area contributed by atoms with Crippen LogP contribution < -0.4 is 4.74 Å². The van der Waals surface area contributed by atoms with Crippen molar-refractivity contribution in [1.29, 1.82) is 0 Å². The number of Topliss-reactive ketones (excluding diaryl/α,β-unsaturated/α-hetero) is 1. The van der Waals surface area contributed by atoms with E-state index in [0.29, 0.717) is 12.8 Å². The van der Waals surface area contributed by atoms with Crippen molar-refractivity contribution in [2.24, 2.45) is 5.41 Å². The molecule has 0 saturated heterocycles. The van der Waals surface area contributed by atoms with Crippen molar-refractivity contribution in [3.05, 3.63) is 29.8 Å². The van der Waals surface area contributed by atoms with E-state index in [9.17, 15) is 9.59 Å². The Labute approximate surface area is 120 Å². The van der Waals surface area contributed by atoms with Crippen LogP contribution in [0.3, 0.4) is 0 Å². The Balaban J connectivity index is 2.47. The Kier molecular flexibility index (Phi) is 5.74. The number of ketones is 1. The molecule has 0 bridgehead atoms. The van der Waals surface area contributed by atoms with Crippen LogP contribution in [0, 0.1) is 5.41 Å². The fourth-order valence-electron chi connectivity index (χ4n) is 1.93. The maximum atomic E-state index is 12.0. The SMILES string of the molecule is COC(=O)C(C)(C)C(=O)CCCc1ccc(OC)cc1. The first-order valence-electron chi connectivity index (χ1n) is 6.66. The van der Waals surface area contributed by atoms with Gasteiger partial charge in [-0.1, -0.05) is 12.1 Å². The minimum atomic E-state index is -1.06. The van der Waals surface area contributed by atoms with Gasteiger partial charge in [0.05, 0.1) is 14.2 Å². The Bertz CT molecular complexity index is 460. The molecular weight excluding hydrogens is 256 g/mol. The Morgan fingerprint density at radius 2 is 1.70 bits per heavy atom. The largest absolute Gasteiger partial charge is 0.497 e. The van der Waals surface area contributed by atoms with Gasteiger partial charge < -0.3 is 9.47 Å². The molecule has 1 rings (SSSR count). The fourth-order valence-corrected chi connectivity index (χ4v) is 1.93. The molecule has 0 fully saturated rings. The van der Waals surface area contributed by atoms with E-state index in [1.807, 2.05) is 24.3 Å². The van der Waals surface area contributed by atoms with Crippen LogP contribution >= 0.6 is 0 Å². The van der Waals surface area contributed by atoms with Crippen molar-refractivity contribution in [1.82, 2.24) is 0 Å². The number of esters is 1. The van der Waals surface area contributed by atoms with Gasteiger partial charge in [0.2, 0.25) is 0 Å². The molecule has 0 heterocycles. The van der Waals surface area contributed by atoms with Crippen LogP contribution in [0.4, 0.5) is 0 Å². The van der Waals surface area contributed by atoms with E-state index >= 15 is 0 Å². The standard InChI is InChI=1S/C16H22O4/c1-16(2,15(18)20-4)14(17)7-5-6-12-8-10-13(19-3)11-9-12/h8-11H,5-7H2,1-4H3. The average molecular weight is 278 g/mol. The number of hydrogen-bond donors (Lipinski definition) is 0. The molecule has 4 heteroatoms. The van der Waals surface area contributed by atoms with Gasteiger partial charge in [-0.2, -0.15) is 0 Å². The summed E-state index contributed by atoms with van der Waals surface area (Å²) in [7, 11) is 2.93. The molecule has 110 valence electrons. The summed E-state index contributed by atoms with van der Waals surface area (Å²) in [5, 5.41) is 0. The lowest BCUT2D eigenvalue weighted by Crippen LogP contribution is -2.34. The highest BCUT2D eigenvalue weighted by molar-refractivity contribution is 6.02. The van der Waals surface area contributed by atoms with Crippen LogP contribution in [0.15, 0.2) is 24.3 Å². The summed E-state index contributed by atoms with van der Waals surface area (Å²) in [5.74, 6) is 0.251. The summed E-state index contributed by atoms with van der Waals surface area (Å²) in [4.78, 5) is 23.6. The summed E-state index contributed by atoms with van der Waals surface area (Å²) in [6.45, 7) is 3.21. The average Bonchev–Trinajstić information content (AvgIpc) is 2.46. The third-order valence-corrected chi connectivity index (χ3v) is 3.42. The molecule has 0 unspecified atom stereocenters. The molecule has 20 heavy (non-hydrogen) atoms. The number of carbonyl (C=O) groups is 2. The van der Waals surface area contributed by atoms with E-state index in [0.717, 1.165) is 17.7 Å². The van der Waals surface area contributed by atoms with E-state index in [-0.39, 0.29) is 5.78 Å². The number of carbonyl (C=O) groups excluding carboxylic acids is 2. The molecular formula is C16H22O4. The molecule has 0 spiro atoms. The first kappa shape index (κ1) is 16.2. The van der Waals surface area contributed by atoms with Crippen molar-refractivity contribution < 1.29 is 19.1 Å². The number of rotatable bonds is 7. The summed E-state index contributed by atoms with van der Waals surface area (Å²) < 4.78 is 9.74. The van der Waals surface area contributed by atoms with Crippen LogP contribution in [0.2, 0.25) is 0 Å². The van der Waals surface area contributed by atoms with E-state index in [2.05, 4.69) is 4.74 Å². The van der Waals surface area contributed by atoms with Gasteiger partial charge in [-0.05, 0) is 44.4 Å². The van der Waals surface area contributed by atoms with Crippen molar-refractivity contribution >= 4 is 11.8 Å². The molecule has 0 atom stereocenters. The van der Waals surface area contributed by atoms with Gasteiger partial charge in [0.25, 0.3) is 0 Å². The molecule has 0 aliphatic carbocycles. The molecule has 0 aliphatic rings. The number of aryl methyl sites for hydroxylation is 1. The second-order valence-electron chi connectivity index (χ2n) is 5.24. The summed E-state index contributed by atoms with van der Waals surface area (Å²) >= 11 is 0. The van der Waals surface area contributed by atoms with Crippen molar-refractivity contribution in [2.45, 2.75) is 33.1 Å². The van der Waals surface area contributed by atoms with Gasteiger partial charge in [0.1, 0.15) is 16.9 Å². The minimum absolute atomic E-state index is 0.0853. The highest BCUT2D eigenvalue weighted by Gasteiger charge is 2.36. The van der Waals surface area contributed by atoms with Gasteiger partial charge in [0, 0.05) is 6.42 Å². The topological polar surface area (TPSA) is 52.6 Å². The van der Waals surface area contributed by atoms with E-state index in [1.165, 1.54) is 7.11 Å². The quantitative estimate of drug-likeness (QED) is 0.568. The van der Waals surface area contributed by atoms with Gasteiger partial charge in [-0.15, -0.1) is 0 Å². The molecule has 0 aliphatic heterocycles. The smallest absolute Gasteiger partial charge is 0.318 e. The Morgan fingerprint density at radius 3 is 2.20 bits per heavy atom. The molecule has 0 saturated carbocycles. The molecule has 0 aromatic heterocycles. The molecule has 0 radical (unpaired) electrons. The highest BCUT2D eigenvalue weighted by Crippen LogP contribution is 2.22. The molecule has 1 aromatic rings. The van der Waals surface area contributed by atoms with Crippen LogP contribution in [0.1, 0.15) is 32.3 Å². The highest BCUT2D eigenvalue weighted by atomic mass is 16.5. The van der Waals surface area contributed by atoms with E-state index < -0.39 is 11.4 Å². The van der Waals surface area contributed by atoms with Crippen LogP contribution in [-0.2, 0) is 20.7 Å². The zero-order valence-corrected chi connectivity index (χ0v) is 12.6. The van der Waals surface area contributed by atoms with Crippen LogP contribution in [0.25, 0.3) is 0 Å². The van der Waals surface area contributed by atoms with Gasteiger partial charge in [-0.3, -0.25) is 9.59 Å².